The van der Waals surface area contributed by atoms with Crippen molar-refractivity contribution in [2.24, 2.45) is 7.05 Å². The fourth-order valence-corrected chi connectivity index (χ4v) is 2.16. The molecule has 0 aliphatic heterocycles. The molecule has 0 spiro atoms. The average molecular weight is 260 g/mol. The molecule has 2 heterocycles. The van der Waals surface area contributed by atoms with Crippen LogP contribution in [0.1, 0.15) is 22.4 Å². The van der Waals surface area contributed by atoms with Crippen molar-refractivity contribution in [1.29, 1.82) is 0 Å². The number of nitrogens with one attached hydrogen (secondary N) is 1. The summed E-state index contributed by atoms with van der Waals surface area (Å²) in [4.78, 5) is 4.09. The van der Waals surface area contributed by atoms with Crippen molar-refractivity contribution in [2.45, 2.75) is 26.9 Å². The minimum absolute atomic E-state index is 0.741. The Morgan fingerprint density at radius 1 is 1.32 bits per heavy atom. The van der Waals surface area contributed by atoms with Gasteiger partial charge in [-0.1, -0.05) is 0 Å². The Balaban J connectivity index is 2.02. The van der Waals surface area contributed by atoms with Gasteiger partial charge in [0.05, 0.1) is 18.4 Å². The zero-order valence-electron chi connectivity index (χ0n) is 11.9. The van der Waals surface area contributed by atoms with Crippen LogP contribution in [0.5, 0.6) is 5.88 Å². The van der Waals surface area contributed by atoms with Gasteiger partial charge in [0.25, 0.3) is 0 Å². The largest absolute Gasteiger partial charge is 0.481 e. The molecule has 1 N–H and O–H groups in total. The van der Waals surface area contributed by atoms with Crippen LogP contribution < -0.4 is 10.1 Å². The van der Waals surface area contributed by atoms with Gasteiger partial charge in [0.1, 0.15) is 0 Å². The van der Waals surface area contributed by atoms with Crippen LogP contribution in [0.4, 0.5) is 0 Å². The minimum atomic E-state index is 0.741. The van der Waals surface area contributed by atoms with E-state index in [1.165, 1.54) is 11.1 Å². The van der Waals surface area contributed by atoms with Crippen LogP contribution in [0.2, 0.25) is 0 Å². The summed E-state index contributed by atoms with van der Waals surface area (Å²) in [5, 5.41) is 7.79. The summed E-state index contributed by atoms with van der Waals surface area (Å²) < 4.78 is 7.14. The highest BCUT2D eigenvalue weighted by atomic mass is 16.5. The molecule has 0 saturated heterocycles. The molecule has 5 nitrogen and oxygen atoms in total. The summed E-state index contributed by atoms with van der Waals surface area (Å²) in [6, 6.07) is 2.04. The molecule has 2 rings (SSSR count). The van der Waals surface area contributed by atoms with Crippen molar-refractivity contribution in [2.75, 3.05) is 7.11 Å². The highest BCUT2D eigenvalue weighted by Gasteiger charge is 2.13. The van der Waals surface area contributed by atoms with E-state index in [1.807, 2.05) is 32.4 Å². The fraction of sp³-hybridized carbons (Fsp3) is 0.429. The van der Waals surface area contributed by atoms with Crippen LogP contribution in [-0.2, 0) is 20.1 Å². The van der Waals surface area contributed by atoms with Crippen LogP contribution in [0.25, 0.3) is 0 Å². The first-order chi connectivity index (χ1) is 9.13. The van der Waals surface area contributed by atoms with E-state index in [1.54, 1.807) is 11.8 Å². The lowest BCUT2D eigenvalue weighted by atomic mass is 10.1. The molecule has 0 aromatic carbocycles. The zero-order valence-corrected chi connectivity index (χ0v) is 11.9. The molecule has 2 aromatic heterocycles. The molecule has 0 unspecified atom stereocenters. The van der Waals surface area contributed by atoms with E-state index < -0.39 is 0 Å². The molecule has 0 aliphatic carbocycles. The fourth-order valence-electron chi connectivity index (χ4n) is 2.16. The number of aryl methyl sites for hydroxylation is 3. The van der Waals surface area contributed by atoms with Crippen molar-refractivity contribution >= 4 is 0 Å². The lowest BCUT2D eigenvalue weighted by Gasteiger charge is -2.08. The Kier molecular flexibility index (Phi) is 4.16. The van der Waals surface area contributed by atoms with Crippen molar-refractivity contribution in [3.63, 3.8) is 0 Å². The Bertz CT molecular complexity index is 563. The van der Waals surface area contributed by atoms with Crippen molar-refractivity contribution in [3.8, 4) is 5.88 Å². The molecule has 2 aromatic rings. The SMILES string of the molecule is COc1c(CNCc2ccncc2C)c(C)nn1C. The molecule has 19 heavy (non-hydrogen) atoms. The van der Waals surface area contributed by atoms with Gasteiger partial charge in [-0.2, -0.15) is 5.10 Å². The highest BCUT2D eigenvalue weighted by molar-refractivity contribution is 5.31. The Hall–Kier alpha value is -1.88. The normalized spacial score (nSPS) is 10.7. The molecular weight excluding hydrogens is 240 g/mol. The number of pyridine rings is 1. The number of rotatable bonds is 5. The minimum Gasteiger partial charge on any atom is -0.481 e. The van der Waals surface area contributed by atoms with Gasteiger partial charge in [-0.3, -0.25) is 4.98 Å². The molecule has 0 fully saturated rings. The summed E-state index contributed by atoms with van der Waals surface area (Å²) >= 11 is 0. The smallest absolute Gasteiger partial charge is 0.216 e. The van der Waals surface area contributed by atoms with Crippen molar-refractivity contribution in [1.82, 2.24) is 20.1 Å². The number of aromatic nitrogens is 3. The van der Waals surface area contributed by atoms with E-state index in [0.29, 0.717) is 0 Å². The zero-order chi connectivity index (χ0) is 13.8. The van der Waals surface area contributed by atoms with Gasteiger partial charge >= 0.3 is 0 Å². The third kappa shape index (κ3) is 2.93. The van der Waals surface area contributed by atoms with Crippen LogP contribution >= 0.6 is 0 Å². The predicted octanol–water partition coefficient (Wildman–Crippen LogP) is 1.73. The Morgan fingerprint density at radius 2 is 2.11 bits per heavy atom. The first kappa shape index (κ1) is 13.5. The molecule has 102 valence electrons. The van der Waals surface area contributed by atoms with Gasteiger partial charge in [0.2, 0.25) is 5.88 Å². The van der Waals surface area contributed by atoms with E-state index in [2.05, 4.69) is 22.3 Å². The molecule has 0 amide bonds. The number of hydrogen-bond donors (Lipinski definition) is 1. The maximum atomic E-state index is 5.37. The standard InChI is InChI=1S/C14H20N4O/c1-10-7-15-6-5-12(10)8-16-9-13-11(2)17-18(3)14(13)19-4/h5-7,16H,8-9H2,1-4H3. The van der Waals surface area contributed by atoms with Crippen LogP contribution in [0.15, 0.2) is 18.5 Å². The van der Waals surface area contributed by atoms with E-state index >= 15 is 0 Å². The summed E-state index contributed by atoms with van der Waals surface area (Å²) in [7, 11) is 3.56. The number of ether oxygens (including phenoxy) is 1. The summed E-state index contributed by atoms with van der Waals surface area (Å²) in [6.07, 6.45) is 3.70. The molecule has 0 bridgehead atoms. The summed E-state index contributed by atoms with van der Waals surface area (Å²) in [5.74, 6) is 0.816. The predicted molar refractivity (Wildman–Crippen MR) is 74.0 cm³/mol. The van der Waals surface area contributed by atoms with E-state index in [4.69, 9.17) is 4.74 Å². The van der Waals surface area contributed by atoms with Crippen LogP contribution in [0, 0.1) is 13.8 Å². The molecule has 0 aliphatic rings. The van der Waals surface area contributed by atoms with Gasteiger partial charge < -0.3 is 10.1 Å². The lowest BCUT2D eigenvalue weighted by molar-refractivity contribution is 0.368. The van der Waals surface area contributed by atoms with Gasteiger partial charge in [0, 0.05) is 32.5 Å². The van der Waals surface area contributed by atoms with E-state index in [0.717, 1.165) is 30.2 Å². The van der Waals surface area contributed by atoms with Gasteiger partial charge in [-0.15, -0.1) is 0 Å². The number of hydrogen-bond acceptors (Lipinski definition) is 4. The maximum Gasteiger partial charge on any atom is 0.216 e. The quantitative estimate of drug-likeness (QED) is 0.889. The second-order valence-corrected chi connectivity index (χ2v) is 4.60. The van der Waals surface area contributed by atoms with Crippen LogP contribution in [-0.4, -0.2) is 21.9 Å². The molecular formula is C14H20N4O. The van der Waals surface area contributed by atoms with E-state index in [-0.39, 0.29) is 0 Å². The Morgan fingerprint density at radius 3 is 2.79 bits per heavy atom. The summed E-state index contributed by atoms with van der Waals surface area (Å²) in [5.41, 5.74) is 4.57. The van der Waals surface area contributed by atoms with Gasteiger partial charge in [-0.25, -0.2) is 4.68 Å². The van der Waals surface area contributed by atoms with Gasteiger partial charge in [-0.05, 0) is 31.0 Å². The van der Waals surface area contributed by atoms with Crippen LogP contribution in [0.3, 0.4) is 0 Å². The number of methoxy groups -OCH3 is 1. The van der Waals surface area contributed by atoms with Crippen molar-refractivity contribution in [3.05, 3.63) is 40.8 Å². The third-order valence-electron chi connectivity index (χ3n) is 3.24. The first-order valence-corrected chi connectivity index (χ1v) is 6.30. The Labute approximate surface area is 113 Å². The van der Waals surface area contributed by atoms with Crippen molar-refractivity contribution < 1.29 is 4.74 Å². The monoisotopic (exact) mass is 260 g/mol. The average Bonchev–Trinajstić information content (AvgIpc) is 2.66. The van der Waals surface area contributed by atoms with Gasteiger partial charge in [0.15, 0.2) is 0 Å². The number of nitrogens with zero attached hydrogens (tertiary/aromatic N) is 3. The maximum absolute atomic E-state index is 5.37. The highest BCUT2D eigenvalue weighted by Crippen LogP contribution is 2.20. The van der Waals surface area contributed by atoms with E-state index in [9.17, 15) is 0 Å². The molecule has 0 saturated carbocycles. The summed E-state index contributed by atoms with van der Waals surface area (Å²) in [6.45, 7) is 5.62. The molecule has 0 radical (unpaired) electrons. The third-order valence-corrected chi connectivity index (χ3v) is 3.24. The lowest BCUT2D eigenvalue weighted by Crippen LogP contribution is -2.14. The molecule has 5 heteroatoms. The first-order valence-electron chi connectivity index (χ1n) is 6.30. The topological polar surface area (TPSA) is 52.0 Å². The molecule has 0 atom stereocenters. The second kappa shape index (κ2) is 5.84. The second-order valence-electron chi connectivity index (χ2n) is 4.60.